The molecule has 0 atom stereocenters. The van der Waals surface area contributed by atoms with Gasteiger partial charge in [0.1, 0.15) is 5.82 Å². The number of halogens is 4. The number of urea groups is 1. The number of carboxylic acid groups (broad SMARTS) is 1. The SMILES string of the molecule is O=C(O)C(F)(F)F.O=C1CCN(c2ccc(C3CC4(CNC4)C3)cc2F)C(=O)N1. The molecular weight excluding hydrogens is 398 g/mol. The smallest absolute Gasteiger partial charge is 0.475 e. The first kappa shape index (κ1) is 21.0. The Balaban J connectivity index is 0.000000298. The van der Waals surface area contributed by atoms with Gasteiger partial charge in [-0.1, -0.05) is 6.07 Å². The van der Waals surface area contributed by atoms with Crippen molar-refractivity contribution in [1.29, 1.82) is 0 Å². The number of carbonyl (C=O) groups is 3. The van der Waals surface area contributed by atoms with Crippen molar-refractivity contribution in [2.75, 3.05) is 24.5 Å². The van der Waals surface area contributed by atoms with Crippen LogP contribution in [-0.4, -0.2) is 48.8 Å². The van der Waals surface area contributed by atoms with E-state index in [1.165, 1.54) is 4.90 Å². The van der Waals surface area contributed by atoms with Gasteiger partial charge in [-0.3, -0.25) is 15.0 Å². The Morgan fingerprint density at radius 3 is 2.28 bits per heavy atom. The van der Waals surface area contributed by atoms with E-state index in [1.807, 2.05) is 6.07 Å². The fourth-order valence-corrected chi connectivity index (χ4v) is 3.78. The average Bonchev–Trinajstić information content (AvgIpc) is 2.53. The van der Waals surface area contributed by atoms with E-state index in [1.54, 1.807) is 12.1 Å². The summed E-state index contributed by atoms with van der Waals surface area (Å²) in [5.41, 5.74) is 1.70. The number of hydrogen-bond acceptors (Lipinski definition) is 4. The van der Waals surface area contributed by atoms with E-state index in [4.69, 9.17) is 9.90 Å². The van der Waals surface area contributed by atoms with Crippen LogP contribution in [0.4, 0.5) is 28.0 Å². The molecule has 0 aromatic heterocycles. The average molecular weight is 417 g/mol. The molecule has 1 aromatic carbocycles. The number of carbonyl (C=O) groups excluding carboxylic acids is 2. The molecule has 3 fully saturated rings. The summed E-state index contributed by atoms with van der Waals surface area (Å²) in [6, 6.07) is 4.56. The van der Waals surface area contributed by atoms with Gasteiger partial charge in [0.15, 0.2) is 0 Å². The van der Waals surface area contributed by atoms with E-state index in [0.717, 1.165) is 31.5 Å². The monoisotopic (exact) mass is 417 g/mol. The molecule has 3 amide bonds. The molecule has 0 radical (unpaired) electrons. The molecule has 1 aliphatic carbocycles. The molecule has 2 aliphatic heterocycles. The molecule has 7 nitrogen and oxygen atoms in total. The number of benzene rings is 1. The quantitative estimate of drug-likeness (QED) is 0.642. The molecule has 4 rings (SSSR count). The molecule has 1 spiro atoms. The molecule has 2 saturated heterocycles. The van der Waals surface area contributed by atoms with Crippen LogP contribution in [-0.2, 0) is 9.59 Å². The minimum atomic E-state index is -5.08. The Labute approximate surface area is 163 Å². The summed E-state index contributed by atoms with van der Waals surface area (Å²) >= 11 is 0. The predicted octanol–water partition coefficient (Wildman–Crippen LogP) is 2.37. The zero-order valence-corrected chi connectivity index (χ0v) is 15.2. The minimum Gasteiger partial charge on any atom is -0.475 e. The van der Waals surface area contributed by atoms with Gasteiger partial charge in [0.2, 0.25) is 5.91 Å². The van der Waals surface area contributed by atoms with Crippen LogP contribution in [0, 0.1) is 11.2 Å². The van der Waals surface area contributed by atoms with Gasteiger partial charge in [-0.15, -0.1) is 0 Å². The Morgan fingerprint density at radius 2 is 1.83 bits per heavy atom. The summed E-state index contributed by atoms with van der Waals surface area (Å²) in [7, 11) is 0. The molecule has 1 saturated carbocycles. The lowest BCUT2D eigenvalue weighted by atomic mass is 9.57. The highest BCUT2D eigenvalue weighted by Gasteiger charge is 2.48. The lowest BCUT2D eigenvalue weighted by Crippen LogP contribution is -2.59. The molecule has 29 heavy (non-hydrogen) atoms. The number of nitrogens with one attached hydrogen (secondary N) is 2. The fraction of sp³-hybridized carbons (Fsp3) is 0.500. The van der Waals surface area contributed by atoms with Gasteiger partial charge in [-0.25, -0.2) is 14.0 Å². The standard InChI is InChI=1S/C16H18FN3O2.C2HF3O2/c17-12-5-10(11-6-16(7-11)8-18-9-16)1-2-13(12)20-4-3-14(21)19-15(20)22;3-2(4,5)1(6)7/h1-2,5,11,18H,3-4,6-9H2,(H,19,21,22);(H,6,7). The van der Waals surface area contributed by atoms with Crippen molar-refractivity contribution >= 4 is 23.6 Å². The first-order valence-corrected chi connectivity index (χ1v) is 8.92. The van der Waals surface area contributed by atoms with Gasteiger partial charge >= 0.3 is 18.2 Å². The van der Waals surface area contributed by atoms with E-state index in [2.05, 4.69) is 10.6 Å². The second-order valence-electron chi connectivity index (χ2n) is 7.48. The molecule has 3 N–H and O–H groups in total. The third-order valence-corrected chi connectivity index (χ3v) is 5.39. The molecule has 1 aromatic rings. The largest absolute Gasteiger partial charge is 0.490 e. The first-order valence-electron chi connectivity index (χ1n) is 8.92. The normalized spacial score (nSPS) is 20.9. The highest BCUT2D eigenvalue weighted by Crippen LogP contribution is 2.53. The molecule has 0 unspecified atom stereocenters. The van der Waals surface area contributed by atoms with Crippen LogP contribution in [0.15, 0.2) is 18.2 Å². The Hall–Kier alpha value is -2.69. The third kappa shape index (κ3) is 4.50. The number of aliphatic carboxylic acids is 1. The van der Waals surface area contributed by atoms with E-state index < -0.39 is 24.0 Å². The minimum absolute atomic E-state index is 0.199. The summed E-state index contributed by atoms with van der Waals surface area (Å²) in [5.74, 6) is -3.04. The van der Waals surface area contributed by atoms with Crippen molar-refractivity contribution in [2.24, 2.45) is 5.41 Å². The van der Waals surface area contributed by atoms with Crippen molar-refractivity contribution in [3.63, 3.8) is 0 Å². The molecule has 158 valence electrons. The summed E-state index contributed by atoms with van der Waals surface area (Å²) in [5, 5.41) is 12.6. The van der Waals surface area contributed by atoms with Crippen LogP contribution >= 0.6 is 0 Å². The maximum Gasteiger partial charge on any atom is 0.490 e. The van der Waals surface area contributed by atoms with E-state index in [9.17, 15) is 27.2 Å². The lowest BCUT2D eigenvalue weighted by Gasteiger charge is -2.54. The van der Waals surface area contributed by atoms with Crippen molar-refractivity contribution in [2.45, 2.75) is 31.4 Å². The second kappa shape index (κ2) is 7.62. The number of imide groups is 1. The number of nitrogens with zero attached hydrogens (tertiary/aromatic N) is 1. The van der Waals surface area contributed by atoms with Gasteiger partial charge in [0.05, 0.1) is 5.69 Å². The lowest BCUT2D eigenvalue weighted by molar-refractivity contribution is -0.192. The summed E-state index contributed by atoms with van der Waals surface area (Å²) < 4.78 is 46.1. The number of carboxylic acids is 1. The number of hydrogen-bond donors (Lipinski definition) is 3. The van der Waals surface area contributed by atoms with Crippen molar-refractivity contribution in [3.05, 3.63) is 29.6 Å². The summed E-state index contributed by atoms with van der Waals surface area (Å²) in [6.45, 7) is 2.37. The molecular formula is C18H19F4N3O4. The van der Waals surface area contributed by atoms with Crippen LogP contribution < -0.4 is 15.5 Å². The summed E-state index contributed by atoms with van der Waals surface area (Å²) in [4.78, 5) is 33.1. The van der Waals surface area contributed by atoms with Crippen LogP contribution in [0.1, 0.15) is 30.7 Å². The molecule has 11 heteroatoms. The number of anilines is 1. The fourth-order valence-electron chi connectivity index (χ4n) is 3.78. The van der Waals surface area contributed by atoms with Crippen molar-refractivity contribution < 1.29 is 37.1 Å². The van der Waals surface area contributed by atoms with E-state index >= 15 is 0 Å². The highest BCUT2D eigenvalue weighted by molar-refractivity contribution is 6.05. The topological polar surface area (TPSA) is 98.7 Å². The zero-order chi connectivity index (χ0) is 21.4. The molecule has 0 bridgehead atoms. The predicted molar refractivity (Wildman–Crippen MR) is 92.9 cm³/mol. The molecule has 2 heterocycles. The van der Waals surface area contributed by atoms with Crippen molar-refractivity contribution in [1.82, 2.24) is 10.6 Å². The molecule has 3 aliphatic rings. The Bertz CT molecular complexity index is 831. The van der Waals surface area contributed by atoms with E-state index in [-0.39, 0.29) is 24.6 Å². The first-order chi connectivity index (χ1) is 13.5. The third-order valence-electron chi connectivity index (χ3n) is 5.39. The van der Waals surface area contributed by atoms with E-state index in [0.29, 0.717) is 11.3 Å². The van der Waals surface area contributed by atoms with Gasteiger partial charge in [0, 0.05) is 26.1 Å². The van der Waals surface area contributed by atoms with Gasteiger partial charge in [-0.2, -0.15) is 13.2 Å². The van der Waals surface area contributed by atoms with Crippen molar-refractivity contribution in [3.8, 4) is 0 Å². The maximum atomic E-state index is 14.4. The zero-order valence-electron chi connectivity index (χ0n) is 15.2. The van der Waals surface area contributed by atoms with Gasteiger partial charge < -0.3 is 10.4 Å². The second-order valence-corrected chi connectivity index (χ2v) is 7.48. The number of rotatable bonds is 2. The van der Waals surface area contributed by atoms with Crippen LogP contribution in [0.25, 0.3) is 0 Å². The highest BCUT2D eigenvalue weighted by atomic mass is 19.4. The van der Waals surface area contributed by atoms with Gasteiger partial charge in [0.25, 0.3) is 0 Å². The Kier molecular flexibility index (Phi) is 5.52. The van der Waals surface area contributed by atoms with Crippen LogP contribution in [0.5, 0.6) is 0 Å². The number of amides is 3. The van der Waals surface area contributed by atoms with Gasteiger partial charge in [-0.05, 0) is 41.9 Å². The number of alkyl halides is 3. The van der Waals surface area contributed by atoms with Crippen LogP contribution in [0.2, 0.25) is 0 Å². The summed E-state index contributed by atoms with van der Waals surface area (Å²) in [6.07, 6.45) is -2.67. The Morgan fingerprint density at radius 1 is 1.21 bits per heavy atom. The van der Waals surface area contributed by atoms with Crippen LogP contribution in [0.3, 0.4) is 0 Å². The maximum absolute atomic E-state index is 14.4.